The van der Waals surface area contributed by atoms with Crippen LogP contribution in [0.2, 0.25) is 5.02 Å². The SMILES string of the molecule is COC(=O)N1CC[C@@H](NC(=O)c2cc3cccc(Cl)c3o2)C1. The van der Waals surface area contributed by atoms with Crippen molar-refractivity contribution in [3.8, 4) is 0 Å². The molecule has 2 aromatic rings. The number of carbonyl (C=O) groups excluding carboxylic acids is 2. The van der Waals surface area contributed by atoms with Gasteiger partial charge >= 0.3 is 6.09 Å². The number of furan rings is 1. The van der Waals surface area contributed by atoms with Crippen LogP contribution in [-0.2, 0) is 4.74 Å². The highest BCUT2D eigenvalue weighted by atomic mass is 35.5. The minimum absolute atomic E-state index is 0.115. The molecule has 1 aromatic carbocycles. The Balaban J connectivity index is 1.69. The second-order valence-electron chi connectivity index (χ2n) is 5.14. The molecule has 7 heteroatoms. The number of halogens is 1. The molecule has 0 aliphatic carbocycles. The van der Waals surface area contributed by atoms with Crippen LogP contribution in [0.1, 0.15) is 17.0 Å². The average molecular weight is 323 g/mol. The lowest BCUT2D eigenvalue weighted by Gasteiger charge is -2.14. The van der Waals surface area contributed by atoms with E-state index < -0.39 is 0 Å². The number of ether oxygens (including phenoxy) is 1. The molecular weight excluding hydrogens is 308 g/mol. The zero-order valence-corrected chi connectivity index (χ0v) is 12.7. The van der Waals surface area contributed by atoms with Gasteiger partial charge in [0, 0.05) is 24.5 Å². The molecule has 22 heavy (non-hydrogen) atoms. The summed E-state index contributed by atoms with van der Waals surface area (Å²) in [6, 6.07) is 6.88. The largest absolute Gasteiger partial charge is 0.453 e. The molecule has 6 nitrogen and oxygen atoms in total. The van der Waals surface area contributed by atoms with E-state index >= 15 is 0 Å². The van der Waals surface area contributed by atoms with E-state index in [0.717, 1.165) is 5.39 Å². The molecule has 1 fully saturated rings. The van der Waals surface area contributed by atoms with Gasteiger partial charge in [-0.05, 0) is 18.6 Å². The van der Waals surface area contributed by atoms with Crippen LogP contribution in [0.5, 0.6) is 0 Å². The summed E-state index contributed by atoms with van der Waals surface area (Å²) in [7, 11) is 1.34. The second-order valence-corrected chi connectivity index (χ2v) is 5.55. The molecule has 1 aliphatic heterocycles. The summed E-state index contributed by atoms with van der Waals surface area (Å²) < 4.78 is 10.2. The monoisotopic (exact) mass is 322 g/mol. The van der Waals surface area contributed by atoms with Crippen LogP contribution >= 0.6 is 11.6 Å². The van der Waals surface area contributed by atoms with Gasteiger partial charge in [0.15, 0.2) is 11.3 Å². The first kappa shape index (κ1) is 14.7. The van der Waals surface area contributed by atoms with E-state index in [1.165, 1.54) is 7.11 Å². The maximum atomic E-state index is 12.2. The maximum Gasteiger partial charge on any atom is 0.409 e. The zero-order valence-electron chi connectivity index (χ0n) is 12.0. The lowest BCUT2D eigenvalue weighted by Crippen LogP contribution is -2.38. The molecule has 2 amide bonds. The van der Waals surface area contributed by atoms with Gasteiger partial charge in [-0.15, -0.1) is 0 Å². The number of methoxy groups -OCH3 is 1. The summed E-state index contributed by atoms with van der Waals surface area (Å²) in [5.41, 5.74) is 0.497. The van der Waals surface area contributed by atoms with Crippen molar-refractivity contribution in [1.82, 2.24) is 10.2 Å². The molecule has 1 aliphatic rings. The van der Waals surface area contributed by atoms with Crippen molar-refractivity contribution < 1.29 is 18.7 Å². The van der Waals surface area contributed by atoms with E-state index in [4.69, 9.17) is 16.0 Å². The van der Waals surface area contributed by atoms with Gasteiger partial charge in [-0.25, -0.2) is 4.79 Å². The number of rotatable bonds is 2. The molecule has 0 unspecified atom stereocenters. The van der Waals surface area contributed by atoms with Gasteiger partial charge in [-0.2, -0.15) is 0 Å². The summed E-state index contributed by atoms with van der Waals surface area (Å²) in [6.07, 6.45) is 0.300. The van der Waals surface area contributed by atoms with Crippen LogP contribution < -0.4 is 5.32 Å². The zero-order chi connectivity index (χ0) is 15.7. The van der Waals surface area contributed by atoms with Gasteiger partial charge in [-0.1, -0.05) is 23.7 Å². The fraction of sp³-hybridized carbons (Fsp3) is 0.333. The van der Waals surface area contributed by atoms with E-state index in [9.17, 15) is 9.59 Å². The van der Waals surface area contributed by atoms with Gasteiger partial charge in [0.05, 0.1) is 12.1 Å². The number of nitrogens with one attached hydrogen (secondary N) is 1. The van der Waals surface area contributed by atoms with Crippen molar-refractivity contribution in [1.29, 1.82) is 0 Å². The maximum absolute atomic E-state index is 12.2. The number of nitrogens with zero attached hydrogens (tertiary/aromatic N) is 1. The first-order valence-corrected chi connectivity index (χ1v) is 7.28. The third kappa shape index (κ3) is 2.74. The van der Waals surface area contributed by atoms with Crippen LogP contribution in [0.25, 0.3) is 11.0 Å². The van der Waals surface area contributed by atoms with Crippen LogP contribution in [0, 0.1) is 0 Å². The molecule has 2 heterocycles. The standard InChI is InChI=1S/C15H15ClN2O4/c1-21-15(20)18-6-5-10(8-18)17-14(19)12-7-9-3-2-4-11(16)13(9)22-12/h2-4,7,10H,5-6,8H2,1H3,(H,17,19)/t10-/m1/s1. The van der Waals surface area contributed by atoms with Crippen LogP contribution in [0.4, 0.5) is 4.79 Å². The third-order valence-electron chi connectivity index (χ3n) is 3.68. The van der Waals surface area contributed by atoms with Crippen molar-refractivity contribution in [2.75, 3.05) is 20.2 Å². The highest BCUT2D eigenvalue weighted by molar-refractivity contribution is 6.34. The summed E-state index contributed by atoms with van der Waals surface area (Å²) >= 11 is 6.03. The van der Waals surface area contributed by atoms with Crippen molar-refractivity contribution in [3.05, 3.63) is 35.0 Å². The highest BCUT2D eigenvalue weighted by Gasteiger charge is 2.28. The molecule has 1 saturated heterocycles. The summed E-state index contributed by atoms with van der Waals surface area (Å²) in [4.78, 5) is 25.2. The molecule has 1 atom stereocenters. The van der Waals surface area contributed by atoms with Crippen molar-refractivity contribution in [2.45, 2.75) is 12.5 Å². The number of likely N-dealkylation sites (tertiary alicyclic amines) is 1. The molecule has 1 aromatic heterocycles. The van der Waals surface area contributed by atoms with Gasteiger partial charge in [0.1, 0.15) is 0 Å². The molecule has 116 valence electrons. The number of para-hydroxylation sites is 1. The van der Waals surface area contributed by atoms with Crippen LogP contribution in [0.3, 0.4) is 0 Å². The van der Waals surface area contributed by atoms with E-state index in [1.54, 1.807) is 23.1 Å². The van der Waals surface area contributed by atoms with Gasteiger partial charge in [0.25, 0.3) is 5.91 Å². The topological polar surface area (TPSA) is 71.8 Å². The number of benzene rings is 1. The normalized spacial score (nSPS) is 17.7. The molecular formula is C15H15ClN2O4. The van der Waals surface area contributed by atoms with E-state index in [1.807, 2.05) is 6.07 Å². The van der Waals surface area contributed by atoms with E-state index in [-0.39, 0.29) is 23.8 Å². The minimum Gasteiger partial charge on any atom is -0.453 e. The Kier molecular flexibility index (Phi) is 3.94. The van der Waals surface area contributed by atoms with Gasteiger partial charge in [-0.3, -0.25) is 4.79 Å². The minimum atomic E-state index is -0.382. The molecule has 0 bridgehead atoms. The first-order valence-electron chi connectivity index (χ1n) is 6.90. The lowest BCUT2D eigenvalue weighted by molar-refractivity contribution is 0.0908. The molecule has 0 spiro atoms. The Morgan fingerprint density at radius 1 is 1.45 bits per heavy atom. The Morgan fingerprint density at radius 2 is 2.27 bits per heavy atom. The molecule has 0 radical (unpaired) electrons. The smallest absolute Gasteiger partial charge is 0.409 e. The predicted octanol–water partition coefficient (Wildman–Crippen LogP) is 2.66. The predicted molar refractivity (Wildman–Crippen MR) is 81.1 cm³/mol. The number of fused-ring (bicyclic) bond motifs is 1. The first-order chi connectivity index (χ1) is 10.6. The number of amides is 2. The van der Waals surface area contributed by atoms with Crippen molar-refractivity contribution in [3.63, 3.8) is 0 Å². The summed E-state index contributed by atoms with van der Waals surface area (Å²) in [5.74, 6) is -0.108. The van der Waals surface area contributed by atoms with Crippen molar-refractivity contribution in [2.24, 2.45) is 0 Å². The van der Waals surface area contributed by atoms with E-state index in [2.05, 4.69) is 10.1 Å². The van der Waals surface area contributed by atoms with Crippen molar-refractivity contribution >= 4 is 34.6 Å². The fourth-order valence-corrected chi connectivity index (χ4v) is 2.79. The van der Waals surface area contributed by atoms with Crippen LogP contribution in [0.15, 0.2) is 28.7 Å². The fourth-order valence-electron chi connectivity index (χ4n) is 2.57. The number of hydrogen-bond acceptors (Lipinski definition) is 4. The van der Waals surface area contributed by atoms with Gasteiger partial charge in [0.2, 0.25) is 0 Å². The molecule has 3 rings (SSSR count). The summed E-state index contributed by atoms with van der Waals surface area (Å²) in [5, 5.41) is 4.10. The quantitative estimate of drug-likeness (QED) is 0.922. The Morgan fingerprint density at radius 3 is 3.00 bits per heavy atom. The number of hydrogen-bond donors (Lipinski definition) is 1. The average Bonchev–Trinajstić information content (AvgIpc) is 3.13. The second kappa shape index (κ2) is 5.88. The molecule has 1 N–H and O–H groups in total. The lowest BCUT2D eigenvalue weighted by atomic mass is 10.2. The Labute approximate surface area is 132 Å². The third-order valence-corrected chi connectivity index (χ3v) is 3.97. The van der Waals surface area contributed by atoms with Crippen LogP contribution in [-0.4, -0.2) is 43.1 Å². The Bertz CT molecular complexity index is 727. The van der Waals surface area contributed by atoms with Gasteiger partial charge < -0.3 is 19.4 Å². The van der Waals surface area contributed by atoms with E-state index in [0.29, 0.717) is 30.1 Å². The Hall–Kier alpha value is -2.21. The number of carbonyl (C=O) groups is 2. The highest BCUT2D eigenvalue weighted by Crippen LogP contribution is 2.26. The summed E-state index contributed by atoms with van der Waals surface area (Å²) in [6.45, 7) is 0.989. The molecule has 0 saturated carbocycles.